The number of imidazole rings is 1. The van der Waals surface area contributed by atoms with Crippen molar-refractivity contribution in [3.8, 4) is 5.69 Å². The second-order valence-corrected chi connectivity index (χ2v) is 4.25. The van der Waals surface area contributed by atoms with Crippen LogP contribution in [0.15, 0.2) is 30.6 Å². The molecule has 2 aromatic rings. The number of benzene rings is 1. The van der Waals surface area contributed by atoms with E-state index in [2.05, 4.69) is 10.3 Å². The van der Waals surface area contributed by atoms with E-state index in [1.165, 1.54) is 6.07 Å². The van der Waals surface area contributed by atoms with Gasteiger partial charge in [-0.15, -0.1) is 0 Å². The van der Waals surface area contributed by atoms with Crippen LogP contribution in [0.1, 0.15) is 31.3 Å². The molecule has 96 valence electrons. The summed E-state index contributed by atoms with van der Waals surface area (Å²) in [5, 5.41) is 3.09. The van der Waals surface area contributed by atoms with Crippen LogP contribution in [0, 0.1) is 5.82 Å². The fourth-order valence-corrected chi connectivity index (χ4v) is 2.12. The molecule has 0 aliphatic rings. The van der Waals surface area contributed by atoms with E-state index in [4.69, 9.17) is 0 Å². The van der Waals surface area contributed by atoms with E-state index >= 15 is 0 Å². The van der Waals surface area contributed by atoms with Gasteiger partial charge >= 0.3 is 0 Å². The smallest absolute Gasteiger partial charge is 0.130 e. The zero-order chi connectivity index (χ0) is 13.1. The average Bonchev–Trinajstić information content (AvgIpc) is 2.85. The third kappa shape index (κ3) is 2.16. The van der Waals surface area contributed by atoms with E-state index in [0.29, 0.717) is 5.56 Å². The van der Waals surface area contributed by atoms with Crippen LogP contribution >= 0.6 is 0 Å². The van der Waals surface area contributed by atoms with Crippen LogP contribution in [0.25, 0.3) is 5.69 Å². The lowest BCUT2D eigenvalue weighted by molar-refractivity contribution is 0.558. The van der Waals surface area contributed by atoms with E-state index in [1.54, 1.807) is 12.3 Å². The summed E-state index contributed by atoms with van der Waals surface area (Å²) in [4.78, 5) is 4.29. The molecule has 1 N–H and O–H groups in total. The fourth-order valence-electron chi connectivity index (χ4n) is 2.12. The molecule has 4 heteroatoms. The van der Waals surface area contributed by atoms with Gasteiger partial charge in [-0.2, -0.15) is 0 Å². The molecular formula is C14H18FN3. The lowest BCUT2D eigenvalue weighted by Gasteiger charge is -2.18. The van der Waals surface area contributed by atoms with Crippen LogP contribution in [0.4, 0.5) is 4.39 Å². The molecule has 3 nitrogen and oxygen atoms in total. The van der Waals surface area contributed by atoms with Crippen molar-refractivity contribution in [1.82, 2.24) is 14.9 Å². The summed E-state index contributed by atoms with van der Waals surface area (Å²) in [7, 11) is 1.83. The molecule has 0 aliphatic carbocycles. The van der Waals surface area contributed by atoms with Gasteiger partial charge in [0.05, 0.1) is 5.69 Å². The highest BCUT2D eigenvalue weighted by Crippen LogP contribution is 2.25. The first-order valence-electron chi connectivity index (χ1n) is 6.17. The Morgan fingerprint density at radius 1 is 1.44 bits per heavy atom. The minimum Gasteiger partial charge on any atom is -0.313 e. The van der Waals surface area contributed by atoms with Crippen molar-refractivity contribution < 1.29 is 4.39 Å². The van der Waals surface area contributed by atoms with Gasteiger partial charge in [0.2, 0.25) is 0 Å². The zero-order valence-electron chi connectivity index (χ0n) is 10.9. The quantitative estimate of drug-likeness (QED) is 0.900. The highest BCUT2D eigenvalue weighted by Gasteiger charge is 2.16. The summed E-state index contributed by atoms with van der Waals surface area (Å²) in [5.74, 6) is 0.746. The molecule has 0 bridgehead atoms. The van der Waals surface area contributed by atoms with Crippen molar-refractivity contribution in [3.05, 3.63) is 47.8 Å². The Labute approximate surface area is 107 Å². The summed E-state index contributed by atoms with van der Waals surface area (Å²) in [6.45, 7) is 3.99. The number of nitrogens with one attached hydrogen (secondary N) is 1. The lowest BCUT2D eigenvalue weighted by atomic mass is 10.1. The highest BCUT2D eigenvalue weighted by atomic mass is 19.1. The van der Waals surface area contributed by atoms with Gasteiger partial charge in [-0.3, -0.25) is 0 Å². The molecule has 1 heterocycles. The first-order chi connectivity index (χ1) is 8.69. The molecule has 0 amide bonds. The largest absolute Gasteiger partial charge is 0.313 e. The molecule has 1 atom stereocenters. The van der Waals surface area contributed by atoms with Crippen LogP contribution in [0.2, 0.25) is 0 Å². The van der Waals surface area contributed by atoms with Gasteiger partial charge in [0.1, 0.15) is 11.6 Å². The monoisotopic (exact) mass is 247 g/mol. The molecule has 0 saturated heterocycles. The third-order valence-electron chi connectivity index (χ3n) is 3.19. The topological polar surface area (TPSA) is 29.9 Å². The zero-order valence-corrected chi connectivity index (χ0v) is 10.9. The van der Waals surface area contributed by atoms with Gasteiger partial charge in [-0.1, -0.05) is 13.0 Å². The van der Waals surface area contributed by atoms with Crippen molar-refractivity contribution in [2.45, 2.75) is 26.3 Å². The summed E-state index contributed by atoms with van der Waals surface area (Å²) in [6.07, 6.45) is 4.44. The number of aromatic nitrogens is 2. The first kappa shape index (κ1) is 12.8. The first-order valence-corrected chi connectivity index (χ1v) is 6.17. The van der Waals surface area contributed by atoms with Crippen LogP contribution < -0.4 is 5.32 Å². The number of halogens is 1. The predicted molar refractivity (Wildman–Crippen MR) is 70.4 cm³/mol. The molecule has 18 heavy (non-hydrogen) atoms. The van der Waals surface area contributed by atoms with Crippen molar-refractivity contribution in [3.63, 3.8) is 0 Å². The van der Waals surface area contributed by atoms with Gasteiger partial charge in [0.25, 0.3) is 0 Å². The lowest BCUT2D eigenvalue weighted by Crippen LogP contribution is -2.17. The highest BCUT2D eigenvalue weighted by molar-refractivity contribution is 5.44. The van der Waals surface area contributed by atoms with E-state index in [0.717, 1.165) is 17.9 Å². The Kier molecular flexibility index (Phi) is 3.77. The van der Waals surface area contributed by atoms with Crippen molar-refractivity contribution in [2.75, 3.05) is 7.05 Å². The summed E-state index contributed by atoms with van der Waals surface area (Å²) >= 11 is 0. The van der Waals surface area contributed by atoms with Crippen LogP contribution in [-0.4, -0.2) is 16.6 Å². The molecule has 1 unspecified atom stereocenters. The molecule has 0 radical (unpaired) electrons. The molecule has 1 aromatic heterocycles. The van der Waals surface area contributed by atoms with Gasteiger partial charge in [-0.25, -0.2) is 9.37 Å². The Bertz CT molecular complexity index is 534. The van der Waals surface area contributed by atoms with E-state index in [1.807, 2.05) is 37.7 Å². The average molecular weight is 247 g/mol. The number of rotatable bonds is 4. The normalized spacial score (nSPS) is 12.7. The van der Waals surface area contributed by atoms with Crippen LogP contribution in [-0.2, 0) is 6.42 Å². The minimum absolute atomic E-state index is 0.0479. The molecule has 0 spiro atoms. The van der Waals surface area contributed by atoms with Crippen molar-refractivity contribution in [1.29, 1.82) is 0 Å². The minimum atomic E-state index is -0.190. The maximum Gasteiger partial charge on any atom is 0.130 e. The van der Waals surface area contributed by atoms with Gasteiger partial charge in [0, 0.05) is 30.4 Å². The Hall–Kier alpha value is -1.68. The van der Waals surface area contributed by atoms with Gasteiger partial charge in [0.15, 0.2) is 0 Å². The molecule has 0 fully saturated rings. The summed E-state index contributed by atoms with van der Waals surface area (Å²) in [6, 6.07) is 5.10. The Balaban J connectivity index is 2.61. The number of nitrogens with zero attached hydrogens (tertiary/aromatic N) is 2. The molecular weight excluding hydrogens is 229 g/mol. The molecule has 1 aromatic carbocycles. The molecule has 0 aliphatic heterocycles. The van der Waals surface area contributed by atoms with Gasteiger partial charge in [-0.05, 0) is 26.1 Å². The van der Waals surface area contributed by atoms with Crippen LogP contribution in [0.5, 0.6) is 0 Å². The fraction of sp³-hybridized carbons (Fsp3) is 0.357. The van der Waals surface area contributed by atoms with E-state index in [9.17, 15) is 4.39 Å². The second kappa shape index (κ2) is 5.31. The van der Waals surface area contributed by atoms with E-state index in [-0.39, 0.29) is 11.9 Å². The van der Waals surface area contributed by atoms with Gasteiger partial charge < -0.3 is 9.88 Å². The summed E-state index contributed by atoms with van der Waals surface area (Å²) in [5.41, 5.74) is 1.53. The molecule has 0 saturated carbocycles. The van der Waals surface area contributed by atoms with Crippen molar-refractivity contribution >= 4 is 0 Å². The number of hydrogen-bond donors (Lipinski definition) is 1. The predicted octanol–water partition coefficient (Wildman–Crippen LogP) is 2.85. The summed E-state index contributed by atoms with van der Waals surface area (Å²) < 4.78 is 16.0. The Morgan fingerprint density at radius 3 is 2.89 bits per heavy atom. The maximum absolute atomic E-state index is 14.0. The second-order valence-electron chi connectivity index (χ2n) is 4.25. The number of hydrogen-bond acceptors (Lipinski definition) is 2. The van der Waals surface area contributed by atoms with Crippen molar-refractivity contribution in [2.24, 2.45) is 0 Å². The number of aryl methyl sites for hydroxylation is 1. The standard InChI is InChI=1S/C14H18FN3/c1-4-13-17-8-9-18(13)12-7-5-6-11(15)14(12)10(2)16-3/h5-10,16H,4H2,1-3H3. The van der Waals surface area contributed by atoms with E-state index < -0.39 is 0 Å². The maximum atomic E-state index is 14.0. The SMILES string of the molecule is CCc1nccn1-c1cccc(F)c1C(C)NC. The molecule has 2 rings (SSSR count). The van der Waals surface area contributed by atoms with Crippen LogP contribution in [0.3, 0.4) is 0 Å². The third-order valence-corrected chi connectivity index (χ3v) is 3.19. The Morgan fingerprint density at radius 2 is 2.22 bits per heavy atom.